The summed E-state index contributed by atoms with van der Waals surface area (Å²) in [5, 5.41) is 0.835. The number of hydrogen-bond acceptors (Lipinski definition) is 5. The van der Waals surface area contributed by atoms with Crippen LogP contribution in [-0.4, -0.2) is 67.1 Å². The first-order valence-electron chi connectivity index (χ1n) is 10.9. The van der Waals surface area contributed by atoms with Gasteiger partial charge in [-0.05, 0) is 57.7 Å². The van der Waals surface area contributed by atoms with E-state index in [1.165, 1.54) is 6.42 Å². The molecule has 0 amide bonds. The van der Waals surface area contributed by atoms with Crippen LogP contribution in [0.3, 0.4) is 0 Å². The highest BCUT2D eigenvalue weighted by molar-refractivity contribution is 6.05. The van der Waals surface area contributed by atoms with Gasteiger partial charge in [0, 0.05) is 35.7 Å². The molecule has 1 N–H and O–H groups in total. The van der Waals surface area contributed by atoms with Gasteiger partial charge in [-0.2, -0.15) is 0 Å². The monoisotopic (exact) mass is 493 g/mol. The van der Waals surface area contributed by atoms with E-state index in [0.717, 1.165) is 47.5 Å². The predicted molar refractivity (Wildman–Crippen MR) is 137 cm³/mol. The van der Waals surface area contributed by atoms with Crippen molar-refractivity contribution < 1.29 is 14.3 Å². The quantitative estimate of drug-likeness (QED) is 0.461. The third-order valence-corrected chi connectivity index (χ3v) is 6.03. The summed E-state index contributed by atoms with van der Waals surface area (Å²) in [4.78, 5) is 20.8. The molecule has 0 radical (unpaired) electrons. The van der Waals surface area contributed by atoms with Gasteiger partial charge in [-0.1, -0.05) is 30.3 Å². The molecule has 1 aromatic heterocycles. The van der Waals surface area contributed by atoms with Gasteiger partial charge in [0.1, 0.15) is 19.0 Å². The van der Waals surface area contributed by atoms with E-state index in [1.54, 1.807) is 0 Å². The molecule has 180 valence electrons. The Balaban J connectivity index is 0.00000193. The fraction of sp³-hybridized carbons (Fsp3) is 0.400. The molecular formula is C25H33Cl2N3O3. The number of ether oxygens (including phenoxy) is 2. The highest BCUT2D eigenvalue weighted by atomic mass is 35.5. The molecule has 0 saturated carbocycles. The van der Waals surface area contributed by atoms with Crippen molar-refractivity contribution in [2.24, 2.45) is 0 Å². The van der Waals surface area contributed by atoms with Gasteiger partial charge in [-0.3, -0.25) is 4.90 Å². The van der Waals surface area contributed by atoms with Gasteiger partial charge in [-0.15, -0.1) is 24.8 Å². The number of rotatable bonds is 8. The van der Waals surface area contributed by atoms with Crippen LogP contribution in [0, 0.1) is 6.92 Å². The Kier molecular flexibility index (Phi) is 10.0. The molecule has 4 rings (SSSR count). The largest absolute Gasteiger partial charge is 0.492 e. The number of esters is 1. The molecule has 1 aliphatic rings. The molecule has 1 unspecified atom stereocenters. The van der Waals surface area contributed by atoms with E-state index in [4.69, 9.17) is 9.47 Å². The second-order valence-corrected chi connectivity index (χ2v) is 8.45. The normalized spacial score (nSPS) is 15.8. The number of fused-ring (bicyclic) bond motifs is 1. The van der Waals surface area contributed by atoms with Gasteiger partial charge in [0.25, 0.3) is 0 Å². The van der Waals surface area contributed by atoms with Crippen LogP contribution in [0.1, 0.15) is 28.0 Å². The minimum absolute atomic E-state index is 0. The first-order valence-corrected chi connectivity index (χ1v) is 10.9. The number of aromatic amines is 1. The maximum Gasteiger partial charge on any atom is 0.340 e. The predicted octanol–water partition coefficient (Wildman–Crippen LogP) is 4.69. The molecular weight excluding hydrogens is 461 g/mol. The molecule has 0 spiro atoms. The molecule has 2 heterocycles. The number of hydrogen-bond donors (Lipinski definition) is 1. The second-order valence-electron chi connectivity index (χ2n) is 8.45. The Morgan fingerprint density at radius 1 is 1.15 bits per heavy atom. The number of aryl methyl sites for hydroxylation is 1. The highest BCUT2D eigenvalue weighted by Crippen LogP contribution is 2.27. The first kappa shape index (κ1) is 27.0. The number of carbonyl (C=O) groups excluding carboxylic acids is 1. The molecule has 0 aliphatic carbocycles. The summed E-state index contributed by atoms with van der Waals surface area (Å²) in [5.74, 6) is 0.448. The van der Waals surface area contributed by atoms with Crippen molar-refractivity contribution >= 4 is 41.7 Å². The van der Waals surface area contributed by atoms with Gasteiger partial charge in [0.15, 0.2) is 0 Å². The van der Waals surface area contributed by atoms with Gasteiger partial charge in [-0.25, -0.2) is 4.79 Å². The number of likely N-dealkylation sites (tertiary alicyclic amines) is 1. The zero-order valence-electron chi connectivity index (χ0n) is 19.4. The summed E-state index contributed by atoms with van der Waals surface area (Å²) in [6, 6.07) is 16.2. The molecule has 1 atom stereocenters. The fourth-order valence-corrected chi connectivity index (χ4v) is 4.18. The smallest absolute Gasteiger partial charge is 0.340 e. The second kappa shape index (κ2) is 12.3. The Labute approximate surface area is 208 Å². The molecule has 0 bridgehead atoms. The topological polar surface area (TPSA) is 57.8 Å². The van der Waals surface area contributed by atoms with Crippen LogP contribution in [0.2, 0.25) is 0 Å². The number of likely N-dealkylation sites (N-methyl/N-ethyl adjacent to an activating group) is 1. The zero-order chi connectivity index (χ0) is 21.8. The van der Waals surface area contributed by atoms with Gasteiger partial charge in [0.2, 0.25) is 0 Å². The minimum atomic E-state index is -0.323. The summed E-state index contributed by atoms with van der Waals surface area (Å²) in [5.41, 5.74) is 3.25. The SMILES string of the molecule is Cc1[nH]c2ccc(OCCN3CCC(N(C)C)C3)cc2c1C(=O)OCc1ccccc1.Cl.Cl. The lowest BCUT2D eigenvalue weighted by atomic mass is 10.1. The van der Waals surface area contributed by atoms with Crippen LogP contribution in [0.5, 0.6) is 5.75 Å². The van der Waals surface area contributed by atoms with E-state index in [1.807, 2.05) is 55.5 Å². The molecule has 1 fully saturated rings. The summed E-state index contributed by atoms with van der Waals surface area (Å²) in [6.45, 7) is 5.88. The van der Waals surface area contributed by atoms with Crippen molar-refractivity contribution in [3.63, 3.8) is 0 Å². The molecule has 6 nitrogen and oxygen atoms in total. The van der Waals surface area contributed by atoms with Crippen LogP contribution >= 0.6 is 24.8 Å². The van der Waals surface area contributed by atoms with Crippen LogP contribution in [-0.2, 0) is 11.3 Å². The maximum atomic E-state index is 12.8. The van der Waals surface area contributed by atoms with Gasteiger partial charge < -0.3 is 19.4 Å². The van der Waals surface area contributed by atoms with E-state index in [-0.39, 0.29) is 37.4 Å². The first-order chi connectivity index (χ1) is 15.0. The number of halogens is 2. The van der Waals surface area contributed by atoms with Crippen LogP contribution in [0.15, 0.2) is 48.5 Å². The summed E-state index contributed by atoms with van der Waals surface area (Å²) >= 11 is 0. The van der Waals surface area contributed by atoms with E-state index < -0.39 is 0 Å². The van der Waals surface area contributed by atoms with Gasteiger partial charge >= 0.3 is 5.97 Å². The van der Waals surface area contributed by atoms with Crippen molar-refractivity contribution in [1.82, 2.24) is 14.8 Å². The van der Waals surface area contributed by atoms with Crippen molar-refractivity contribution in [3.8, 4) is 5.75 Å². The lowest BCUT2D eigenvalue weighted by Gasteiger charge is -2.20. The number of nitrogens with zero attached hydrogens (tertiary/aromatic N) is 2. The number of benzene rings is 2. The average Bonchev–Trinajstić information content (AvgIpc) is 3.36. The number of aromatic nitrogens is 1. The molecule has 1 aliphatic heterocycles. The number of H-pyrrole nitrogens is 1. The highest BCUT2D eigenvalue weighted by Gasteiger charge is 2.23. The summed E-state index contributed by atoms with van der Waals surface area (Å²) in [7, 11) is 4.28. The zero-order valence-corrected chi connectivity index (χ0v) is 21.0. The standard InChI is InChI=1S/C25H31N3O3.2ClH/c1-18-24(25(29)31-17-19-7-5-4-6-8-19)22-15-21(9-10-23(22)26-18)30-14-13-28-12-11-20(16-28)27(2)3;;/h4-10,15,20,26H,11-14,16-17H2,1-3H3;2*1H. The summed E-state index contributed by atoms with van der Waals surface area (Å²) < 4.78 is 11.6. The third-order valence-electron chi connectivity index (χ3n) is 6.03. The van der Waals surface area contributed by atoms with E-state index in [0.29, 0.717) is 18.2 Å². The average molecular weight is 494 g/mol. The van der Waals surface area contributed by atoms with Gasteiger partial charge in [0.05, 0.1) is 5.56 Å². The third kappa shape index (κ3) is 6.64. The molecule has 1 saturated heterocycles. The van der Waals surface area contributed by atoms with Crippen molar-refractivity contribution in [2.75, 3.05) is 40.3 Å². The number of carbonyl (C=O) groups is 1. The van der Waals surface area contributed by atoms with Crippen molar-refractivity contribution in [3.05, 3.63) is 65.4 Å². The Morgan fingerprint density at radius 2 is 1.91 bits per heavy atom. The Bertz CT molecular complexity index is 1040. The van der Waals surface area contributed by atoms with E-state index in [2.05, 4.69) is 28.9 Å². The minimum Gasteiger partial charge on any atom is -0.492 e. The molecule has 8 heteroatoms. The van der Waals surface area contributed by atoms with Crippen molar-refractivity contribution in [1.29, 1.82) is 0 Å². The Morgan fingerprint density at radius 3 is 2.61 bits per heavy atom. The summed E-state index contributed by atoms with van der Waals surface area (Å²) in [6.07, 6.45) is 1.20. The Hall–Kier alpha value is -2.25. The molecule has 3 aromatic rings. The van der Waals surface area contributed by atoms with E-state index in [9.17, 15) is 4.79 Å². The fourth-order valence-electron chi connectivity index (χ4n) is 4.18. The van der Waals surface area contributed by atoms with Crippen LogP contribution < -0.4 is 4.74 Å². The lowest BCUT2D eigenvalue weighted by molar-refractivity contribution is 0.0474. The van der Waals surface area contributed by atoms with Crippen LogP contribution in [0.4, 0.5) is 0 Å². The van der Waals surface area contributed by atoms with Crippen molar-refractivity contribution in [2.45, 2.75) is 26.0 Å². The van der Waals surface area contributed by atoms with E-state index >= 15 is 0 Å². The maximum absolute atomic E-state index is 12.8. The van der Waals surface area contributed by atoms with Crippen LogP contribution in [0.25, 0.3) is 10.9 Å². The number of nitrogens with one attached hydrogen (secondary N) is 1. The molecule has 33 heavy (non-hydrogen) atoms. The lowest BCUT2D eigenvalue weighted by Crippen LogP contribution is -2.33. The molecule has 2 aromatic carbocycles.